The van der Waals surface area contributed by atoms with Crippen molar-refractivity contribution in [3.05, 3.63) is 33.5 Å². The summed E-state index contributed by atoms with van der Waals surface area (Å²) in [6, 6.07) is 4.30. The summed E-state index contributed by atoms with van der Waals surface area (Å²) >= 11 is 1.81. The molecule has 2 aromatic heterocycles. The summed E-state index contributed by atoms with van der Waals surface area (Å²) in [5.41, 5.74) is 0. The molecule has 4 rings (SSSR count). The number of carbonyl (C=O) groups excluding carboxylic acids is 1. The van der Waals surface area contributed by atoms with Gasteiger partial charge in [0.15, 0.2) is 5.82 Å². The van der Waals surface area contributed by atoms with Crippen LogP contribution in [-0.2, 0) is 16.0 Å². The molecule has 1 aliphatic carbocycles. The molecule has 128 valence electrons. The van der Waals surface area contributed by atoms with E-state index >= 15 is 0 Å². The molecule has 0 aromatic carbocycles. The third-order valence-electron chi connectivity index (χ3n) is 4.78. The molecular formula is C17H22N4O2S. The Balaban J connectivity index is 1.40. The number of aryl methyl sites for hydroxylation is 2. The molecule has 2 fully saturated rings. The quantitative estimate of drug-likeness (QED) is 0.923. The summed E-state index contributed by atoms with van der Waals surface area (Å²) in [5, 5.41) is 7.15. The Morgan fingerprint density at radius 2 is 2.38 bits per heavy atom. The zero-order valence-corrected chi connectivity index (χ0v) is 14.8. The molecule has 24 heavy (non-hydrogen) atoms. The van der Waals surface area contributed by atoms with Gasteiger partial charge in [0.25, 0.3) is 0 Å². The summed E-state index contributed by atoms with van der Waals surface area (Å²) < 4.78 is 5.78. The molecule has 0 bridgehead atoms. The molecule has 3 atom stereocenters. The summed E-state index contributed by atoms with van der Waals surface area (Å²) in [6.07, 6.45) is 1.56. The van der Waals surface area contributed by atoms with Gasteiger partial charge in [-0.1, -0.05) is 6.92 Å². The van der Waals surface area contributed by atoms with Gasteiger partial charge in [-0.05, 0) is 25.5 Å². The molecule has 2 aromatic rings. The third-order valence-corrected chi connectivity index (χ3v) is 5.92. The van der Waals surface area contributed by atoms with Crippen LogP contribution >= 0.6 is 11.3 Å². The second kappa shape index (κ2) is 6.29. The van der Waals surface area contributed by atoms with Crippen LogP contribution < -0.4 is 0 Å². The maximum atomic E-state index is 12.8. The first kappa shape index (κ1) is 15.8. The van der Waals surface area contributed by atoms with Crippen molar-refractivity contribution in [2.75, 3.05) is 19.7 Å². The number of H-pyrrole nitrogens is 1. The van der Waals surface area contributed by atoms with E-state index in [1.807, 2.05) is 23.2 Å². The molecule has 0 unspecified atom stereocenters. The number of aromatic nitrogens is 3. The fraction of sp³-hybridized carbons (Fsp3) is 0.588. The maximum absolute atomic E-state index is 12.8. The average Bonchev–Trinajstić information content (AvgIpc) is 3.04. The molecule has 1 amide bonds. The van der Waals surface area contributed by atoms with E-state index in [9.17, 15) is 4.79 Å². The van der Waals surface area contributed by atoms with E-state index in [0.717, 1.165) is 18.7 Å². The summed E-state index contributed by atoms with van der Waals surface area (Å²) in [6.45, 7) is 5.89. The number of hydrogen-bond donors (Lipinski definition) is 1. The Labute approximate surface area is 145 Å². The summed E-state index contributed by atoms with van der Waals surface area (Å²) in [5.74, 6) is 2.32. The van der Waals surface area contributed by atoms with E-state index in [0.29, 0.717) is 31.4 Å². The number of nitrogens with one attached hydrogen (secondary N) is 1. The highest BCUT2D eigenvalue weighted by atomic mass is 32.1. The van der Waals surface area contributed by atoms with Crippen molar-refractivity contribution in [3.63, 3.8) is 0 Å². The number of amides is 1. The van der Waals surface area contributed by atoms with Crippen molar-refractivity contribution < 1.29 is 9.53 Å². The molecule has 1 saturated carbocycles. The summed E-state index contributed by atoms with van der Waals surface area (Å²) in [7, 11) is 0. The maximum Gasteiger partial charge on any atom is 0.226 e. The molecule has 1 saturated heterocycles. The minimum absolute atomic E-state index is 0.139. The number of carbonyl (C=O) groups is 1. The van der Waals surface area contributed by atoms with Crippen LogP contribution in [0.25, 0.3) is 0 Å². The molecule has 0 radical (unpaired) electrons. The number of nitrogens with zero attached hydrogens (tertiary/aromatic N) is 3. The van der Waals surface area contributed by atoms with Crippen LogP contribution in [0.5, 0.6) is 0 Å². The predicted molar refractivity (Wildman–Crippen MR) is 90.9 cm³/mol. The Bertz CT molecular complexity index is 741. The van der Waals surface area contributed by atoms with E-state index in [1.165, 1.54) is 9.75 Å². The van der Waals surface area contributed by atoms with E-state index in [4.69, 9.17) is 4.74 Å². The number of aromatic amines is 1. The number of hydrogen-bond acceptors (Lipinski definition) is 5. The molecule has 1 aliphatic heterocycles. The van der Waals surface area contributed by atoms with Crippen molar-refractivity contribution in [2.24, 2.45) is 5.92 Å². The van der Waals surface area contributed by atoms with Gasteiger partial charge in [0.2, 0.25) is 5.91 Å². The zero-order chi connectivity index (χ0) is 16.7. The predicted octanol–water partition coefficient (Wildman–Crippen LogP) is 2.44. The van der Waals surface area contributed by atoms with Crippen LogP contribution in [0.1, 0.15) is 46.8 Å². The first-order valence-corrected chi connectivity index (χ1v) is 9.35. The number of thiophene rings is 1. The first-order valence-electron chi connectivity index (χ1n) is 8.53. The average molecular weight is 346 g/mol. The number of ether oxygens (including phenoxy) is 1. The Hall–Kier alpha value is -1.73. The highest BCUT2D eigenvalue weighted by molar-refractivity contribution is 7.12. The van der Waals surface area contributed by atoms with E-state index in [2.05, 4.69) is 34.2 Å². The van der Waals surface area contributed by atoms with Crippen molar-refractivity contribution >= 4 is 17.2 Å². The summed E-state index contributed by atoms with van der Waals surface area (Å²) in [4.78, 5) is 21.8. The van der Waals surface area contributed by atoms with Gasteiger partial charge < -0.3 is 9.64 Å². The molecule has 3 heterocycles. The normalized spacial score (nSPS) is 26.6. The topological polar surface area (TPSA) is 71.1 Å². The molecule has 0 spiro atoms. The largest absolute Gasteiger partial charge is 0.366 e. The van der Waals surface area contributed by atoms with E-state index in [1.54, 1.807) is 0 Å². The van der Waals surface area contributed by atoms with Gasteiger partial charge in [0.05, 0.1) is 13.2 Å². The Morgan fingerprint density at radius 1 is 1.50 bits per heavy atom. The second-order valence-electron chi connectivity index (χ2n) is 6.53. The lowest BCUT2D eigenvalue weighted by atomic mass is 10.2. The molecule has 2 aliphatic rings. The molecule has 7 heteroatoms. The van der Waals surface area contributed by atoms with Gasteiger partial charge in [-0.2, -0.15) is 5.10 Å². The second-order valence-corrected chi connectivity index (χ2v) is 7.85. The third kappa shape index (κ3) is 2.98. The lowest BCUT2D eigenvalue weighted by Gasteiger charge is -2.31. The van der Waals surface area contributed by atoms with Crippen LogP contribution in [0, 0.1) is 12.8 Å². The fourth-order valence-corrected chi connectivity index (χ4v) is 4.34. The lowest BCUT2D eigenvalue weighted by molar-refractivity contribution is -0.140. The van der Waals surface area contributed by atoms with Crippen LogP contribution in [0.2, 0.25) is 0 Å². The van der Waals surface area contributed by atoms with Gasteiger partial charge in [-0.3, -0.25) is 9.89 Å². The van der Waals surface area contributed by atoms with Crippen molar-refractivity contribution in [1.29, 1.82) is 0 Å². The molecular weight excluding hydrogens is 324 g/mol. The van der Waals surface area contributed by atoms with Crippen molar-refractivity contribution in [3.8, 4) is 0 Å². The minimum Gasteiger partial charge on any atom is -0.366 e. The first-order chi connectivity index (χ1) is 11.7. The Morgan fingerprint density at radius 3 is 3.08 bits per heavy atom. The van der Waals surface area contributed by atoms with Crippen LogP contribution in [-0.4, -0.2) is 45.7 Å². The van der Waals surface area contributed by atoms with Gasteiger partial charge in [0.1, 0.15) is 11.9 Å². The highest BCUT2D eigenvalue weighted by Crippen LogP contribution is 2.50. The minimum atomic E-state index is -0.222. The van der Waals surface area contributed by atoms with Gasteiger partial charge >= 0.3 is 0 Å². The van der Waals surface area contributed by atoms with E-state index in [-0.39, 0.29) is 17.9 Å². The molecule has 6 nitrogen and oxygen atoms in total. The highest BCUT2D eigenvalue weighted by Gasteiger charge is 2.47. The van der Waals surface area contributed by atoms with Crippen LogP contribution in [0.3, 0.4) is 0 Å². The lowest BCUT2D eigenvalue weighted by Crippen LogP contribution is -2.43. The van der Waals surface area contributed by atoms with Crippen LogP contribution in [0.4, 0.5) is 0 Å². The fourth-order valence-electron chi connectivity index (χ4n) is 3.29. The standard InChI is InChI=1S/C17H22N4O2S/c1-3-15-18-16(20-19-15)13-9-21(6-7-23-13)17(22)12-8-11(12)14-5-4-10(2)24-14/h4-5,11-13H,3,6-9H2,1-2H3,(H,18,19,20)/t11-,12+,13-/m0/s1. The van der Waals surface area contributed by atoms with Crippen molar-refractivity contribution in [2.45, 2.75) is 38.7 Å². The molecule has 1 N–H and O–H groups in total. The smallest absolute Gasteiger partial charge is 0.226 e. The van der Waals surface area contributed by atoms with Crippen molar-refractivity contribution in [1.82, 2.24) is 20.1 Å². The van der Waals surface area contributed by atoms with Crippen LogP contribution in [0.15, 0.2) is 12.1 Å². The number of morpholine rings is 1. The van der Waals surface area contributed by atoms with Gasteiger partial charge in [0, 0.05) is 34.6 Å². The monoisotopic (exact) mass is 346 g/mol. The van der Waals surface area contributed by atoms with Gasteiger partial charge in [-0.15, -0.1) is 11.3 Å². The zero-order valence-electron chi connectivity index (χ0n) is 14.0. The Kier molecular flexibility index (Phi) is 4.14. The number of rotatable bonds is 4. The van der Waals surface area contributed by atoms with Gasteiger partial charge in [-0.25, -0.2) is 4.98 Å². The SMILES string of the molecule is CCc1nc([C@@H]2CN(C(=O)[C@@H]3C[C@@H]3c3ccc(C)s3)CCO2)n[nH]1. The van der Waals surface area contributed by atoms with E-state index < -0.39 is 0 Å².